The number of rotatable bonds is 4. The third-order valence-electron chi connectivity index (χ3n) is 7.59. The number of benzene rings is 2. The second-order valence-electron chi connectivity index (χ2n) is 10.2. The molecule has 0 spiro atoms. The van der Waals surface area contributed by atoms with Gasteiger partial charge in [-0.3, -0.25) is 14.4 Å². The molecular formula is C30H27F3N4O5. The van der Waals surface area contributed by atoms with Crippen molar-refractivity contribution in [3.63, 3.8) is 0 Å². The number of halogens is 3. The summed E-state index contributed by atoms with van der Waals surface area (Å²) < 4.78 is 53.8. The molecule has 6 rings (SSSR count). The monoisotopic (exact) mass is 580 g/mol. The van der Waals surface area contributed by atoms with Crippen LogP contribution in [0.3, 0.4) is 0 Å². The number of hydrogen-bond donors (Lipinski definition) is 1. The number of para-hydroxylation sites is 2. The van der Waals surface area contributed by atoms with Gasteiger partial charge in [0.1, 0.15) is 0 Å². The van der Waals surface area contributed by atoms with Gasteiger partial charge in [0.25, 0.3) is 11.8 Å². The van der Waals surface area contributed by atoms with Gasteiger partial charge in [-0.15, -0.1) is 0 Å². The van der Waals surface area contributed by atoms with Crippen LogP contribution < -0.4 is 5.32 Å². The summed E-state index contributed by atoms with van der Waals surface area (Å²) in [5.41, 5.74) is 2.91. The Kier molecular flexibility index (Phi) is 7.11. The number of fused-ring (bicyclic) bond motifs is 12. The number of nitrogens with one attached hydrogen (secondary N) is 1. The quantitative estimate of drug-likeness (QED) is 0.220. The van der Waals surface area contributed by atoms with E-state index in [-0.39, 0.29) is 24.2 Å². The lowest BCUT2D eigenvalue weighted by Crippen LogP contribution is -2.39. The molecule has 218 valence electrons. The number of carbonyl (C=O) groups is 3. The zero-order valence-electron chi connectivity index (χ0n) is 22.6. The molecule has 2 aromatic heterocycles. The Balaban J connectivity index is 1.55. The highest BCUT2D eigenvalue weighted by Crippen LogP contribution is 2.42. The van der Waals surface area contributed by atoms with Gasteiger partial charge in [-0.25, -0.2) is 10.2 Å². The van der Waals surface area contributed by atoms with Crippen molar-refractivity contribution in [3.8, 4) is 0 Å². The van der Waals surface area contributed by atoms with Crippen LogP contribution in [0.4, 0.5) is 13.2 Å². The van der Waals surface area contributed by atoms with E-state index < -0.39 is 43.5 Å². The predicted molar refractivity (Wildman–Crippen MR) is 148 cm³/mol. The summed E-state index contributed by atoms with van der Waals surface area (Å²) in [7, 11) is 0. The number of imide groups is 1. The summed E-state index contributed by atoms with van der Waals surface area (Å²) in [6.07, 6.45) is -1.52. The van der Waals surface area contributed by atoms with E-state index in [0.717, 1.165) is 21.3 Å². The lowest BCUT2D eigenvalue weighted by Gasteiger charge is -2.20. The summed E-state index contributed by atoms with van der Waals surface area (Å²) in [5.74, 6) is -1.82. The van der Waals surface area contributed by atoms with Crippen molar-refractivity contribution in [1.82, 2.24) is 19.4 Å². The van der Waals surface area contributed by atoms with Crippen molar-refractivity contribution in [2.45, 2.75) is 38.8 Å². The Morgan fingerprint density at radius 2 is 1.48 bits per heavy atom. The molecule has 12 heteroatoms. The van der Waals surface area contributed by atoms with Gasteiger partial charge in [0.15, 0.2) is 6.73 Å². The van der Waals surface area contributed by atoms with Crippen molar-refractivity contribution in [1.29, 1.82) is 0 Å². The van der Waals surface area contributed by atoms with Crippen LogP contribution in [0.25, 0.3) is 33.0 Å². The smallest absolute Gasteiger partial charge is 0.444 e. The number of esters is 1. The minimum Gasteiger partial charge on any atom is -0.444 e. The zero-order chi connectivity index (χ0) is 29.6. The molecule has 9 nitrogen and oxygen atoms in total. The molecule has 42 heavy (non-hydrogen) atoms. The van der Waals surface area contributed by atoms with Gasteiger partial charge in [0.05, 0.1) is 23.9 Å². The second-order valence-corrected chi connectivity index (χ2v) is 10.2. The maximum atomic E-state index is 13.9. The first-order chi connectivity index (χ1) is 20.1. The van der Waals surface area contributed by atoms with E-state index in [9.17, 15) is 27.6 Å². The normalized spacial score (nSPS) is 18.1. The molecule has 0 saturated heterocycles. The Labute approximate surface area is 238 Å². The first kappa shape index (κ1) is 27.7. The van der Waals surface area contributed by atoms with Crippen molar-refractivity contribution in [2.75, 3.05) is 19.9 Å². The largest absolute Gasteiger partial charge is 0.457 e. The van der Waals surface area contributed by atoms with Gasteiger partial charge in [-0.2, -0.15) is 13.2 Å². The van der Waals surface area contributed by atoms with Gasteiger partial charge >= 0.3 is 12.3 Å². The molecule has 2 aliphatic heterocycles. The van der Waals surface area contributed by atoms with E-state index in [1.54, 1.807) is 17.7 Å². The van der Waals surface area contributed by atoms with Gasteiger partial charge < -0.3 is 18.6 Å². The van der Waals surface area contributed by atoms with Crippen LogP contribution in [-0.4, -0.2) is 64.1 Å². The van der Waals surface area contributed by atoms with E-state index in [2.05, 4.69) is 0 Å². The fourth-order valence-electron chi connectivity index (χ4n) is 5.69. The minimum absolute atomic E-state index is 0.122. The van der Waals surface area contributed by atoms with Crippen molar-refractivity contribution >= 4 is 50.7 Å². The lowest BCUT2D eigenvalue weighted by molar-refractivity contribution is -0.162. The third kappa shape index (κ3) is 5.07. The summed E-state index contributed by atoms with van der Waals surface area (Å²) in [6, 6.07) is 14.7. The Morgan fingerprint density at radius 1 is 0.929 bits per heavy atom. The highest BCUT2D eigenvalue weighted by atomic mass is 19.4. The average molecular weight is 581 g/mol. The van der Waals surface area contributed by atoms with Gasteiger partial charge in [-0.05, 0) is 18.6 Å². The SMILES string of the molecule is CC(=O)OCN1C(=O)C2=C(C1=O)c1cn(c3ccccc13)CCC(CNC(F)(F)F)OCCn1cc2c2ccccc21. The number of alkyl halides is 3. The molecule has 0 saturated carbocycles. The molecule has 4 bridgehead atoms. The van der Waals surface area contributed by atoms with Crippen LogP contribution >= 0.6 is 0 Å². The molecule has 2 aliphatic rings. The van der Waals surface area contributed by atoms with Crippen LogP contribution in [-0.2, 0) is 36.9 Å². The maximum Gasteiger partial charge on any atom is 0.457 e. The molecule has 0 radical (unpaired) electrons. The highest BCUT2D eigenvalue weighted by molar-refractivity contribution is 6.50. The predicted octanol–water partition coefficient (Wildman–Crippen LogP) is 4.29. The number of nitrogens with zero attached hydrogens (tertiary/aromatic N) is 3. The van der Waals surface area contributed by atoms with Crippen LogP contribution in [0.5, 0.6) is 0 Å². The van der Waals surface area contributed by atoms with E-state index in [1.165, 1.54) is 6.92 Å². The first-order valence-electron chi connectivity index (χ1n) is 13.5. The number of hydrogen-bond acceptors (Lipinski definition) is 6. The third-order valence-corrected chi connectivity index (χ3v) is 7.59. The fraction of sp³-hybridized carbons (Fsp3) is 0.300. The van der Waals surface area contributed by atoms with Gasteiger partial charge in [0.2, 0.25) is 0 Å². The van der Waals surface area contributed by atoms with Crippen LogP contribution in [0.2, 0.25) is 0 Å². The summed E-state index contributed by atoms with van der Waals surface area (Å²) in [5, 5.41) is 3.00. The van der Waals surface area contributed by atoms with E-state index >= 15 is 0 Å². The van der Waals surface area contributed by atoms with E-state index in [0.29, 0.717) is 29.6 Å². The number of ether oxygens (including phenoxy) is 2. The Hall–Kier alpha value is -4.42. The van der Waals surface area contributed by atoms with E-state index in [4.69, 9.17) is 9.47 Å². The summed E-state index contributed by atoms with van der Waals surface area (Å²) in [4.78, 5) is 40.4. The molecule has 2 amide bonds. The average Bonchev–Trinajstić information content (AvgIpc) is 3.57. The number of aromatic nitrogens is 2. The van der Waals surface area contributed by atoms with Crippen LogP contribution in [0.15, 0.2) is 60.9 Å². The molecule has 1 atom stereocenters. The summed E-state index contributed by atoms with van der Waals surface area (Å²) >= 11 is 0. The van der Waals surface area contributed by atoms with Crippen molar-refractivity contribution in [2.24, 2.45) is 0 Å². The van der Waals surface area contributed by atoms with Crippen LogP contribution in [0, 0.1) is 0 Å². The summed E-state index contributed by atoms with van der Waals surface area (Å²) in [6.45, 7) is 0.983. The van der Waals surface area contributed by atoms with Gasteiger partial charge in [-0.1, -0.05) is 36.4 Å². The molecule has 4 aromatic rings. The first-order valence-corrected chi connectivity index (χ1v) is 13.5. The number of amides is 2. The Bertz CT molecular complexity index is 1750. The maximum absolute atomic E-state index is 13.9. The van der Waals surface area contributed by atoms with E-state index in [1.807, 2.05) is 57.7 Å². The van der Waals surface area contributed by atoms with Crippen LogP contribution in [0.1, 0.15) is 24.5 Å². The lowest BCUT2D eigenvalue weighted by atomic mass is 9.95. The zero-order valence-corrected chi connectivity index (χ0v) is 22.6. The highest BCUT2D eigenvalue weighted by Gasteiger charge is 2.42. The van der Waals surface area contributed by atoms with Gasteiger partial charge in [0, 0.05) is 71.9 Å². The molecule has 0 fully saturated rings. The number of carbonyl (C=O) groups excluding carboxylic acids is 3. The molecule has 2 aromatic carbocycles. The minimum atomic E-state index is -4.54. The molecule has 1 N–H and O–H groups in total. The standard InChI is InChI=1S/C30H27F3N4O5/c1-18(38)42-17-37-28(39)26-22-15-35(24-8-4-2-6-20(22)24)11-10-19(14-34-30(31,32)33)41-13-12-36-16-23(27(26)29(37)40)21-7-3-5-9-25(21)36/h2-9,15-16,19,34H,10-14,17H2,1H3. The number of aryl methyl sites for hydroxylation is 1. The molecule has 0 aliphatic carbocycles. The molecular weight excluding hydrogens is 553 g/mol. The molecule has 1 unspecified atom stereocenters. The topological polar surface area (TPSA) is 94.8 Å². The van der Waals surface area contributed by atoms with Crippen molar-refractivity contribution < 1.29 is 37.0 Å². The fourth-order valence-corrected chi connectivity index (χ4v) is 5.69. The Morgan fingerprint density at radius 3 is 2.02 bits per heavy atom. The molecule has 4 heterocycles. The second kappa shape index (κ2) is 10.8. The van der Waals surface area contributed by atoms with Crippen molar-refractivity contribution in [3.05, 3.63) is 72.1 Å².